The maximum absolute atomic E-state index is 5.52. The van der Waals surface area contributed by atoms with Crippen molar-refractivity contribution in [2.45, 2.75) is 44.3 Å². The summed E-state index contributed by atoms with van der Waals surface area (Å²) in [5, 5.41) is 1.87. The molecule has 2 radical (unpaired) electrons. The maximum atomic E-state index is 5.52. The van der Waals surface area contributed by atoms with Gasteiger partial charge in [0.15, 0.2) is 0 Å². The van der Waals surface area contributed by atoms with E-state index in [2.05, 4.69) is 23.8 Å². The summed E-state index contributed by atoms with van der Waals surface area (Å²) in [4.78, 5) is 7.77. The second-order valence-corrected chi connectivity index (χ2v) is 5.57. The van der Waals surface area contributed by atoms with E-state index in [1.54, 1.807) is 7.11 Å². The highest BCUT2D eigenvalue weighted by Gasteiger charge is 2.38. The molecule has 4 nitrogen and oxygen atoms in total. The summed E-state index contributed by atoms with van der Waals surface area (Å²) in [5.74, 6) is 0.882. The van der Waals surface area contributed by atoms with Crippen molar-refractivity contribution in [2.75, 3.05) is 14.2 Å². The second-order valence-electron chi connectivity index (χ2n) is 5.57. The monoisotopic (exact) mass is 274 g/mol. The number of benzene rings is 1. The number of ether oxygens (including phenoxy) is 1. The molecule has 20 heavy (non-hydrogen) atoms. The van der Waals surface area contributed by atoms with E-state index < -0.39 is 0 Å². The van der Waals surface area contributed by atoms with Crippen LogP contribution in [0.2, 0.25) is 0 Å². The van der Waals surface area contributed by atoms with Crippen LogP contribution in [0.1, 0.15) is 43.8 Å². The average Bonchev–Trinajstić information content (AvgIpc) is 2.90. The van der Waals surface area contributed by atoms with Crippen LogP contribution in [-0.4, -0.2) is 30.2 Å². The summed E-state index contributed by atoms with van der Waals surface area (Å²) in [6.45, 7) is 3.08. The minimum atomic E-state index is 0.115. The summed E-state index contributed by atoms with van der Waals surface area (Å²) in [5.41, 5.74) is 1.21. The first kappa shape index (κ1) is 13.9. The van der Waals surface area contributed by atoms with Gasteiger partial charge in [-0.2, -0.15) is 5.06 Å². The molecular formula is C16H22N2O2. The van der Waals surface area contributed by atoms with Crippen molar-refractivity contribution in [3.8, 4) is 5.75 Å². The Balaban J connectivity index is 1.79. The fourth-order valence-corrected chi connectivity index (χ4v) is 3.17. The van der Waals surface area contributed by atoms with Crippen LogP contribution in [-0.2, 0) is 4.84 Å². The third kappa shape index (κ3) is 2.68. The second kappa shape index (κ2) is 6.12. The van der Waals surface area contributed by atoms with Crippen molar-refractivity contribution in [2.24, 2.45) is 0 Å². The van der Waals surface area contributed by atoms with Gasteiger partial charge in [0.25, 0.3) is 0 Å². The van der Waals surface area contributed by atoms with E-state index in [1.165, 1.54) is 37.7 Å². The van der Waals surface area contributed by atoms with Gasteiger partial charge in [0.05, 0.1) is 7.11 Å². The Hall–Kier alpha value is -1.10. The molecule has 1 heterocycles. The van der Waals surface area contributed by atoms with E-state index in [0.29, 0.717) is 6.04 Å². The molecule has 1 saturated heterocycles. The van der Waals surface area contributed by atoms with Crippen LogP contribution in [0.4, 0.5) is 0 Å². The number of hydrogen-bond donors (Lipinski definition) is 0. The van der Waals surface area contributed by atoms with Crippen molar-refractivity contribution in [1.29, 1.82) is 0 Å². The standard InChI is InChI=1S/C16H22N2O2/c1-17-16(13-8-10-15(19-2)11-9-13)18(12-20-17)14-6-4-3-5-7-14/h8-11,14,16H,3-7H2,1-2H3. The topological polar surface area (TPSA) is 24.9 Å². The molecule has 1 atom stereocenters. The Morgan fingerprint density at radius 2 is 1.85 bits per heavy atom. The summed E-state index contributed by atoms with van der Waals surface area (Å²) in [6, 6.07) is 8.75. The molecule has 0 bridgehead atoms. The molecule has 1 aliphatic carbocycles. The number of methoxy groups -OCH3 is 1. The molecule has 1 aromatic rings. The van der Waals surface area contributed by atoms with Crippen molar-refractivity contribution >= 4 is 0 Å². The minimum Gasteiger partial charge on any atom is -0.497 e. The lowest BCUT2D eigenvalue weighted by molar-refractivity contribution is -0.0897. The van der Waals surface area contributed by atoms with Crippen LogP contribution in [0.15, 0.2) is 24.3 Å². The molecule has 3 rings (SSSR count). The molecule has 1 aromatic carbocycles. The quantitative estimate of drug-likeness (QED) is 0.845. The summed E-state index contributed by atoms with van der Waals surface area (Å²) in [6.07, 6.45) is 6.55. The van der Waals surface area contributed by atoms with Gasteiger partial charge >= 0.3 is 0 Å². The highest BCUT2D eigenvalue weighted by Crippen LogP contribution is 2.37. The zero-order valence-electron chi connectivity index (χ0n) is 12.2. The lowest BCUT2D eigenvalue weighted by Crippen LogP contribution is -2.37. The predicted molar refractivity (Wildman–Crippen MR) is 76.5 cm³/mol. The Morgan fingerprint density at radius 1 is 1.15 bits per heavy atom. The van der Waals surface area contributed by atoms with E-state index in [0.717, 1.165) is 5.75 Å². The Kier molecular flexibility index (Phi) is 4.24. The van der Waals surface area contributed by atoms with Gasteiger partial charge in [-0.25, -0.2) is 4.90 Å². The van der Waals surface area contributed by atoms with Gasteiger partial charge in [-0.3, -0.25) is 4.84 Å². The lowest BCUT2D eigenvalue weighted by atomic mass is 9.93. The van der Waals surface area contributed by atoms with Crippen LogP contribution in [0.5, 0.6) is 5.75 Å². The largest absolute Gasteiger partial charge is 0.497 e. The van der Waals surface area contributed by atoms with Gasteiger partial charge in [0.2, 0.25) is 6.73 Å². The summed E-state index contributed by atoms with van der Waals surface area (Å²) < 4.78 is 5.23. The van der Waals surface area contributed by atoms with Crippen LogP contribution < -0.4 is 4.74 Å². The molecular weight excluding hydrogens is 252 g/mol. The van der Waals surface area contributed by atoms with Gasteiger partial charge in [-0.15, -0.1) is 0 Å². The number of nitrogens with zero attached hydrogens (tertiary/aromatic N) is 2. The number of hydrogen-bond acceptors (Lipinski definition) is 4. The van der Waals surface area contributed by atoms with Gasteiger partial charge < -0.3 is 4.74 Å². The van der Waals surface area contributed by atoms with E-state index in [1.807, 2.05) is 24.2 Å². The van der Waals surface area contributed by atoms with Gasteiger partial charge in [-0.1, -0.05) is 31.4 Å². The van der Waals surface area contributed by atoms with Gasteiger partial charge in [0.1, 0.15) is 11.9 Å². The number of hydroxylamine groups is 2. The summed E-state index contributed by atoms with van der Waals surface area (Å²) >= 11 is 0. The first-order valence-corrected chi connectivity index (χ1v) is 7.37. The molecule has 1 unspecified atom stereocenters. The predicted octanol–water partition coefficient (Wildman–Crippen LogP) is 3.20. The van der Waals surface area contributed by atoms with Crippen molar-refractivity contribution in [1.82, 2.24) is 9.96 Å². The molecule has 0 spiro atoms. The lowest BCUT2D eigenvalue weighted by Gasteiger charge is -2.34. The zero-order chi connectivity index (χ0) is 13.9. The van der Waals surface area contributed by atoms with Crippen molar-refractivity contribution in [3.63, 3.8) is 0 Å². The first-order valence-electron chi connectivity index (χ1n) is 7.37. The molecule has 2 aliphatic rings. The molecule has 2 fully saturated rings. The molecule has 0 amide bonds. The third-order valence-corrected chi connectivity index (χ3v) is 4.28. The molecule has 4 heteroatoms. The minimum absolute atomic E-state index is 0.115. The van der Waals surface area contributed by atoms with E-state index in [9.17, 15) is 0 Å². The highest BCUT2D eigenvalue weighted by atomic mass is 16.7. The fourth-order valence-electron chi connectivity index (χ4n) is 3.17. The fraction of sp³-hybridized carbons (Fsp3) is 0.562. The van der Waals surface area contributed by atoms with E-state index in [4.69, 9.17) is 9.57 Å². The third-order valence-electron chi connectivity index (χ3n) is 4.28. The number of rotatable bonds is 3. The van der Waals surface area contributed by atoms with Crippen LogP contribution in [0.3, 0.4) is 0 Å². The van der Waals surface area contributed by atoms with Crippen molar-refractivity contribution < 1.29 is 9.57 Å². The Labute approximate surface area is 121 Å². The first-order chi connectivity index (χ1) is 9.79. The van der Waals surface area contributed by atoms with E-state index in [-0.39, 0.29) is 6.17 Å². The molecule has 108 valence electrons. The van der Waals surface area contributed by atoms with Crippen molar-refractivity contribution in [3.05, 3.63) is 36.6 Å². The van der Waals surface area contributed by atoms with Crippen LogP contribution in [0, 0.1) is 6.73 Å². The van der Waals surface area contributed by atoms with E-state index >= 15 is 0 Å². The molecule has 0 aromatic heterocycles. The SMILES string of the molecule is COc1ccc(C2N(C)O[C]N2C2CCCCC2)cc1. The summed E-state index contributed by atoms with van der Waals surface area (Å²) in [7, 11) is 3.65. The maximum Gasteiger partial charge on any atom is 0.243 e. The Morgan fingerprint density at radius 3 is 2.50 bits per heavy atom. The highest BCUT2D eigenvalue weighted by molar-refractivity contribution is 5.29. The molecule has 1 saturated carbocycles. The average molecular weight is 274 g/mol. The van der Waals surface area contributed by atoms with Crippen LogP contribution in [0.25, 0.3) is 0 Å². The normalized spacial score (nSPS) is 26.0. The van der Waals surface area contributed by atoms with Gasteiger partial charge in [0, 0.05) is 13.1 Å². The molecule has 1 aliphatic heterocycles. The molecule has 0 N–H and O–H groups in total. The van der Waals surface area contributed by atoms with Crippen LogP contribution >= 0.6 is 0 Å². The Bertz CT molecular complexity index is 429. The zero-order valence-corrected chi connectivity index (χ0v) is 12.2. The van der Waals surface area contributed by atoms with Gasteiger partial charge in [-0.05, 0) is 30.5 Å². The smallest absolute Gasteiger partial charge is 0.243 e.